The van der Waals surface area contributed by atoms with E-state index in [0.29, 0.717) is 5.56 Å². The molecule has 0 saturated heterocycles. The number of aryl methyl sites for hydroxylation is 1. The van der Waals surface area contributed by atoms with Crippen molar-refractivity contribution in [2.75, 3.05) is 0 Å². The molecule has 0 radical (unpaired) electrons. The lowest BCUT2D eigenvalue weighted by Crippen LogP contribution is -1.85. The van der Waals surface area contributed by atoms with Gasteiger partial charge in [-0.1, -0.05) is 13.3 Å². The van der Waals surface area contributed by atoms with Crippen LogP contribution in [0.15, 0.2) is 12.1 Å². The Morgan fingerprint density at radius 2 is 1.62 bits per heavy atom. The van der Waals surface area contributed by atoms with Gasteiger partial charge < -0.3 is 15.3 Å². The molecule has 0 unspecified atom stereocenters. The van der Waals surface area contributed by atoms with Crippen LogP contribution < -0.4 is 0 Å². The monoisotopic (exact) mass is 182 g/mol. The highest BCUT2D eigenvalue weighted by molar-refractivity contribution is 5.48. The Kier molecular flexibility index (Phi) is 3.01. The molecule has 1 aromatic rings. The third-order valence-corrected chi connectivity index (χ3v) is 1.98. The minimum Gasteiger partial charge on any atom is -0.508 e. The zero-order valence-electron chi connectivity index (χ0n) is 7.62. The first-order valence-electron chi connectivity index (χ1n) is 4.39. The molecule has 0 saturated carbocycles. The second-order valence-electron chi connectivity index (χ2n) is 3.07. The lowest BCUT2D eigenvalue weighted by molar-refractivity contribution is 0.394. The summed E-state index contributed by atoms with van der Waals surface area (Å²) in [4.78, 5) is 0. The van der Waals surface area contributed by atoms with Crippen LogP contribution in [0.3, 0.4) is 0 Å². The molecule has 72 valence electrons. The molecular weight excluding hydrogens is 168 g/mol. The Hall–Kier alpha value is -1.38. The van der Waals surface area contributed by atoms with E-state index in [1.807, 2.05) is 0 Å². The predicted molar refractivity (Wildman–Crippen MR) is 50.0 cm³/mol. The molecule has 0 fully saturated rings. The quantitative estimate of drug-likeness (QED) is 0.495. The molecule has 0 aliphatic rings. The molecule has 0 heterocycles. The van der Waals surface area contributed by atoms with Gasteiger partial charge in [0.2, 0.25) is 0 Å². The minimum absolute atomic E-state index is 0.0451. The van der Waals surface area contributed by atoms with E-state index in [0.717, 1.165) is 19.3 Å². The molecule has 0 amide bonds. The number of phenols is 3. The molecule has 3 heteroatoms. The van der Waals surface area contributed by atoms with Gasteiger partial charge in [-0.2, -0.15) is 0 Å². The van der Waals surface area contributed by atoms with Crippen molar-refractivity contribution in [1.29, 1.82) is 0 Å². The van der Waals surface area contributed by atoms with Crippen molar-refractivity contribution in [1.82, 2.24) is 0 Å². The maximum absolute atomic E-state index is 9.37. The number of benzene rings is 1. The Balaban J connectivity index is 2.88. The number of unbranched alkanes of at least 4 members (excludes halogenated alkanes) is 1. The summed E-state index contributed by atoms with van der Waals surface area (Å²) < 4.78 is 0. The standard InChI is InChI=1S/C10H14O3/c1-2-3-4-7-5-9(12)10(13)6-8(7)11/h5-6,11-13H,2-4H2,1H3. The third kappa shape index (κ3) is 2.28. The summed E-state index contributed by atoms with van der Waals surface area (Å²) in [6, 6.07) is 2.57. The summed E-state index contributed by atoms with van der Waals surface area (Å²) in [5.41, 5.74) is 0.678. The molecule has 0 bridgehead atoms. The van der Waals surface area contributed by atoms with Crippen molar-refractivity contribution < 1.29 is 15.3 Å². The van der Waals surface area contributed by atoms with E-state index < -0.39 is 0 Å². The third-order valence-electron chi connectivity index (χ3n) is 1.98. The van der Waals surface area contributed by atoms with Crippen LogP contribution in [0.1, 0.15) is 25.3 Å². The van der Waals surface area contributed by atoms with E-state index in [1.165, 1.54) is 12.1 Å². The fourth-order valence-electron chi connectivity index (χ4n) is 1.18. The van der Waals surface area contributed by atoms with Crippen LogP contribution in [0, 0.1) is 0 Å². The molecule has 0 spiro atoms. The van der Waals surface area contributed by atoms with Crippen LogP contribution >= 0.6 is 0 Å². The molecule has 13 heavy (non-hydrogen) atoms. The van der Waals surface area contributed by atoms with Crippen LogP contribution in [-0.4, -0.2) is 15.3 Å². The van der Waals surface area contributed by atoms with Gasteiger partial charge in [-0.15, -0.1) is 0 Å². The summed E-state index contributed by atoms with van der Waals surface area (Å²) in [6.45, 7) is 2.05. The molecule has 0 aliphatic carbocycles. The highest BCUT2D eigenvalue weighted by Crippen LogP contribution is 2.32. The summed E-state index contributed by atoms with van der Waals surface area (Å²) >= 11 is 0. The number of hydrogen-bond donors (Lipinski definition) is 3. The van der Waals surface area contributed by atoms with Gasteiger partial charge in [0, 0.05) is 6.07 Å². The normalized spacial score (nSPS) is 10.2. The maximum Gasteiger partial charge on any atom is 0.161 e. The molecule has 3 N–H and O–H groups in total. The van der Waals surface area contributed by atoms with Crippen molar-refractivity contribution in [2.24, 2.45) is 0 Å². The summed E-state index contributed by atoms with van der Waals surface area (Å²) in [7, 11) is 0. The summed E-state index contributed by atoms with van der Waals surface area (Å²) in [6.07, 6.45) is 2.70. The van der Waals surface area contributed by atoms with E-state index in [-0.39, 0.29) is 17.2 Å². The highest BCUT2D eigenvalue weighted by Gasteiger charge is 2.06. The molecule has 0 aliphatic heterocycles. The average Bonchev–Trinajstić information content (AvgIpc) is 2.09. The van der Waals surface area contributed by atoms with Crippen molar-refractivity contribution in [3.8, 4) is 17.2 Å². The maximum atomic E-state index is 9.37. The van der Waals surface area contributed by atoms with E-state index in [2.05, 4.69) is 6.92 Å². The smallest absolute Gasteiger partial charge is 0.161 e. The largest absolute Gasteiger partial charge is 0.508 e. The fraction of sp³-hybridized carbons (Fsp3) is 0.400. The van der Waals surface area contributed by atoms with Crippen molar-refractivity contribution in [2.45, 2.75) is 26.2 Å². The van der Waals surface area contributed by atoms with Gasteiger partial charge in [-0.05, 0) is 24.5 Å². The molecule has 0 aromatic heterocycles. The number of phenolic OH excluding ortho intramolecular Hbond substituents is 3. The van der Waals surface area contributed by atoms with Crippen LogP contribution in [0.5, 0.6) is 17.2 Å². The summed E-state index contributed by atoms with van der Waals surface area (Å²) in [5, 5.41) is 27.6. The molecule has 0 atom stereocenters. The minimum atomic E-state index is -0.280. The van der Waals surface area contributed by atoms with Gasteiger partial charge in [0.15, 0.2) is 11.5 Å². The Bertz CT molecular complexity index is 294. The van der Waals surface area contributed by atoms with E-state index >= 15 is 0 Å². The first kappa shape index (κ1) is 9.71. The van der Waals surface area contributed by atoms with Crippen LogP contribution in [0.2, 0.25) is 0 Å². The lowest BCUT2D eigenvalue weighted by Gasteiger charge is -2.05. The van der Waals surface area contributed by atoms with E-state index in [4.69, 9.17) is 10.2 Å². The zero-order chi connectivity index (χ0) is 9.84. The molecule has 1 rings (SSSR count). The van der Waals surface area contributed by atoms with Crippen molar-refractivity contribution >= 4 is 0 Å². The van der Waals surface area contributed by atoms with Gasteiger partial charge >= 0.3 is 0 Å². The Labute approximate surface area is 77.3 Å². The van der Waals surface area contributed by atoms with E-state index in [9.17, 15) is 5.11 Å². The van der Waals surface area contributed by atoms with Gasteiger partial charge in [-0.3, -0.25) is 0 Å². The first-order valence-corrected chi connectivity index (χ1v) is 4.39. The Morgan fingerprint density at radius 3 is 2.23 bits per heavy atom. The van der Waals surface area contributed by atoms with Crippen LogP contribution in [0.4, 0.5) is 0 Å². The van der Waals surface area contributed by atoms with Gasteiger partial charge in [0.1, 0.15) is 5.75 Å². The van der Waals surface area contributed by atoms with Crippen molar-refractivity contribution in [3.05, 3.63) is 17.7 Å². The van der Waals surface area contributed by atoms with Gasteiger partial charge in [0.25, 0.3) is 0 Å². The molecular formula is C10H14O3. The average molecular weight is 182 g/mol. The molecule has 3 nitrogen and oxygen atoms in total. The molecule has 1 aromatic carbocycles. The van der Waals surface area contributed by atoms with Gasteiger partial charge in [-0.25, -0.2) is 0 Å². The Morgan fingerprint density at radius 1 is 1.00 bits per heavy atom. The summed E-state index contributed by atoms with van der Waals surface area (Å²) in [5.74, 6) is -0.412. The van der Waals surface area contributed by atoms with E-state index in [1.54, 1.807) is 0 Å². The fourth-order valence-corrected chi connectivity index (χ4v) is 1.18. The SMILES string of the molecule is CCCCc1cc(O)c(O)cc1O. The van der Waals surface area contributed by atoms with Crippen LogP contribution in [0.25, 0.3) is 0 Å². The lowest BCUT2D eigenvalue weighted by atomic mass is 10.1. The second-order valence-corrected chi connectivity index (χ2v) is 3.07. The van der Waals surface area contributed by atoms with Crippen molar-refractivity contribution in [3.63, 3.8) is 0 Å². The van der Waals surface area contributed by atoms with Gasteiger partial charge in [0.05, 0.1) is 0 Å². The highest BCUT2D eigenvalue weighted by atomic mass is 16.3. The predicted octanol–water partition coefficient (Wildman–Crippen LogP) is 2.15. The number of hydrogen-bond acceptors (Lipinski definition) is 3. The topological polar surface area (TPSA) is 60.7 Å². The second kappa shape index (κ2) is 4.03. The van der Waals surface area contributed by atoms with Crippen LogP contribution in [-0.2, 0) is 6.42 Å². The zero-order valence-corrected chi connectivity index (χ0v) is 7.62. The number of aromatic hydroxyl groups is 3. The first-order chi connectivity index (χ1) is 6.15. The number of rotatable bonds is 3.